The maximum Gasteiger partial charge on any atom is 0.287 e. The molecule has 164 valence electrons. The minimum atomic E-state index is -0.700. The van der Waals surface area contributed by atoms with Gasteiger partial charge in [0.15, 0.2) is 11.5 Å². The van der Waals surface area contributed by atoms with Crippen molar-refractivity contribution in [3.05, 3.63) is 101 Å². The van der Waals surface area contributed by atoms with Crippen LogP contribution < -0.4 is 20.2 Å². The van der Waals surface area contributed by atoms with E-state index < -0.39 is 11.8 Å². The van der Waals surface area contributed by atoms with Gasteiger partial charge >= 0.3 is 0 Å². The molecule has 3 aromatic rings. The molecule has 1 aliphatic rings. The van der Waals surface area contributed by atoms with Crippen LogP contribution in [0.5, 0.6) is 11.5 Å². The van der Waals surface area contributed by atoms with E-state index in [1.807, 2.05) is 0 Å². The molecule has 33 heavy (non-hydrogen) atoms. The zero-order valence-corrected chi connectivity index (χ0v) is 17.4. The molecule has 0 saturated heterocycles. The molecule has 0 atom stereocenters. The zero-order valence-electron chi connectivity index (χ0n) is 17.4. The highest BCUT2D eigenvalue weighted by molar-refractivity contribution is 6.35. The van der Waals surface area contributed by atoms with Crippen molar-refractivity contribution in [2.45, 2.75) is 0 Å². The normalized spacial score (nSPS) is 12.4. The van der Waals surface area contributed by atoms with Gasteiger partial charge in [-0.3, -0.25) is 14.4 Å². The summed E-state index contributed by atoms with van der Waals surface area (Å²) in [5.74, 6) is -0.415. The predicted octanol–water partition coefficient (Wildman–Crippen LogP) is 3.17. The van der Waals surface area contributed by atoms with E-state index in [4.69, 9.17) is 9.47 Å². The zero-order chi connectivity index (χ0) is 23.0. The molecular formula is C25H19N3O5. The molecule has 0 spiro atoms. The number of hydrogen-bond donors (Lipinski definition) is 2. The maximum absolute atomic E-state index is 12.8. The number of amides is 2. The van der Waals surface area contributed by atoms with Crippen LogP contribution in [-0.4, -0.2) is 30.6 Å². The topological polar surface area (TPSA) is 106 Å². The second-order valence-electron chi connectivity index (χ2n) is 6.92. The lowest BCUT2D eigenvalue weighted by atomic mass is 10.1. The van der Waals surface area contributed by atoms with Crippen LogP contribution in [0.3, 0.4) is 0 Å². The summed E-state index contributed by atoms with van der Waals surface area (Å²) in [5.41, 5.74) is 3.63. The first-order valence-electron chi connectivity index (χ1n) is 10.0. The summed E-state index contributed by atoms with van der Waals surface area (Å²) < 4.78 is 10.7. The number of ether oxygens (including phenoxy) is 2. The molecule has 1 aliphatic heterocycles. The first-order chi connectivity index (χ1) is 16.1. The number of carbonyl (C=O) groups is 3. The summed E-state index contributed by atoms with van der Waals surface area (Å²) in [7, 11) is 0. The van der Waals surface area contributed by atoms with Gasteiger partial charge in [0.2, 0.25) is 12.6 Å². The summed E-state index contributed by atoms with van der Waals surface area (Å²) >= 11 is 0. The number of hydrogen-bond acceptors (Lipinski definition) is 6. The minimum absolute atomic E-state index is 0.0629. The number of nitrogens with one attached hydrogen (secondary N) is 2. The van der Waals surface area contributed by atoms with Crippen LogP contribution in [0.2, 0.25) is 0 Å². The fourth-order valence-electron chi connectivity index (χ4n) is 3.00. The summed E-state index contributed by atoms with van der Waals surface area (Å²) in [6, 6.07) is 22.1. The number of nitrogens with zero attached hydrogens (tertiary/aromatic N) is 1. The Morgan fingerprint density at radius 2 is 1.48 bits per heavy atom. The number of carbonyl (C=O) groups excluding carboxylic acids is 3. The molecule has 2 amide bonds. The van der Waals surface area contributed by atoms with Gasteiger partial charge in [-0.15, -0.1) is 0 Å². The van der Waals surface area contributed by atoms with E-state index in [1.54, 1.807) is 78.9 Å². The Hall–Kier alpha value is -4.72. The van der Waals surface area contributed by atoms with Crippen molar-refractivity contribution in [2.24, 2.45) is 5.10 Å². The van der Waals surface area contributed by atoms with E-state index in [0.29, 0.717) is 28.2 Å². The quantitative estimate of drug-likeness (QED) is 0.254. The fourth-order valence-corrected chi connectivity index (χ4v) is 3.00. The molecule has 0 saturated carbocycles. The third kappa shape index (κ3) is 5.50. The lowest BCUT2D eigenvalue weighted by molar-refractivity contribution is -0.117. The maximum atomic E-state index is 12.8. The minimum Gasteiger partial charge on any atom is -0.454 e. The lowest BCUT2D eigenvalue weighted by Gasteiger charge is -2.09. The second-order valence-corrected chi connectivity index (χ2v) is 6.92. The van der Waals surface area contributed by atoms with Gasteiger partial charge in [-0.05, 0) is 35.9 Å². The number of hydrazone groups is 1. The van der Waals surface area contributed by atoms with Crippen molar-refractivity contribution in [3.63, 3.8) is 0 Å². The summed E-state index contributed by atoms with van der Waals surface area (Å²) in [6.45, 7) is 0.116. The van der Waals surface area contributed by atoms with Crippen LogP contribution in [-0.2, 0) is 4.79 Å². The average Bonchev–Trinajstić information content (AvgIpc) is 3.32. The van der Waals surface area contributed by atoms with E-state index in [9.17, 15) is 14.4 Å². The van der Waals surface area contributed by atoms with Crippen LogP contribution >= 0.6 is 0 Å². The molecule has 0 aromatic heterocycles. The van der Waals surface area contributed by atoms with Gasteiger partial charge in [-0.1, -0.05) is 54.6 Å². The van der Waals surface area contributed by atoms with Gasteiger partial charge < -0.3 is 14.8 Å². The Balaban J connectivity index is 1.53. The van der Waals surface area contributed by atoms with Crippen molar-refractivity contribution in [3.8, 4) is 11.5 Å². The molecule has 0 unspecified atom stereocenters. The van der Waals surface area contributed by atoms with Crippen LogP contribution in [0.25, 0.3) is 6.08 Å². The summed E-state index contributed by atoms with van der Waals surface area (Å²) in [6.07, 6.45) is 2.48. The Labute approximate surface area is 189 Å². The van der Waals surface area contributed by atoms with Crippen molar-refractivity contribution in [1.82, 2.24) is 10.7 Å². The van der Waals surface area contributed by atoms with Crippen LogP contribution in [0.4, 0.5) is 0 Å². The van der Waals surface area contributed by atoms with E-state index in [1.165, 1.54) is 6.08 Å². The van der Waals surface area contributed by atoms with Crippen molar-refractivity contribution >= 4 is 29.9 Å². The Morgan fingerprint density at radius 3 is 2.21 bits per heavy atom. The molecule has 0 aliphatic carbocycles. The summed E-state index contributed by atoms with van der Waals surface area (Å²) in [5, 5.41) is 6.34. The van der Waals surface area contributed by atoms with E-state index in [0.717, 1.165) is 6.21 Å². The van der Waals surface area contributed by atoms with Gasteiger partial charge in [-0.2, -0.15) is 5.10 Å². The van der Waals surface area contributed by atoms with Crippen molar-refractivity contribution in [1.29, 1.82) is 0 Å². The Morgan fingerprint density at radius 1 is 0.818 bits per heavy atom. The highest BCUT2D eigenvalue weighted by Gasteiger charge is 2.17. The van der Waals surface area contributed by atoms with Crippen LogP contribution in [0.15, 0.2) is 89.7 Å². The second kappa shape index (κ2) is 10.1. The molecule has 2 N–H and O–H groups in total. The SMILES string of the molecule is O=C(N/N=C\C(=O)c1ccccc1)/C(=C\c1ccc2c(c1)OCO2)NC(=O)c1ccccc1. The number of rotatable bonds is 7. The van der Waals surface area contributed by atoms with Crippen LogP contribution in [0, 0.1) is 0 Å². The first-order valence-corrected chi connectivity index (χ1v) is 10.0. The van der Waals surface area contributed by atoms with Crippen LogP contribution in [0.1, 0.15) is 26.3 Å². The fraction of sp³-hybridized carbons (Fsp3) is 0.0400. The van der Waals surface area contributed by atoms with Gasteiger partial charge in [-0.25, -0.2) is 5.43 Å². The number of Topliss-reactive ketones (excluding diaryl/α,β-unsaturated/α-hetero) is 1. The van der Waals surface area contributed by atoms with E-state index >= 15 is 0 Å². The first kappa shape index (κ1) is 21.5. The summed E-state index contributed by atoms with van der Waals surface area (Å²) in [4.78, 5) is 37.6. The molecule has 0 bridgehead atoms. The standard InChI is InChI=1S/C25H19N3O5/c29-21(18-7-3-1-4-8-18)15-26-28-25(31)20(27-24(30)19-9-5-2-6-10-19)13-17-11-12-22-23(14-17)33-16-32-22/h1-15H,16H2,(H,27,30)(H,28,31)/b20-13+,26-15-. The molecular weight excluding hydrogens is 422 g/mol. The molecule has 8 nitrogen and oxygen atoms in total. The molecule has 4 rings (SSSR count). The van der Waals surface area contributed by atoms with E-state index in [2.05, 4.69) is 15.8 Å². The highest BCUT2D eigenvalue weighted by atomic mass is 16.7. The van der Waals surface area contributed by atoms with Gasteiger partial charge in [0.25, 0.3) is 11.8 Å². The molecule has 0 radical (unpaired) electrons. The molecule has 1 heterocycles. The largest absolute Gasteiger partial charge is 0.454 e. The van der Waals surface area contributed by atoms with Crippen molar-refractivity contribution < 1.29 is 23.9 Å². The van der Waals surface area contributed by atoms with Crippen molar-refractivity contribution in [2.75, 3.05) is 6.79 Å². The molecule has 8 heteroatoms. The third-order valence-electron chi connectivity index (χ3n) is 4.64. The van der Waals surface area contributed by atoms with Gasteiger partial charge in [0, 0.05) is 11.1 Å². The molecule has 3 aromatic carbocycles. The highest BCUT2D eigenvalue weighted by Crippen LogP contribution is 2.33. The Bertz CT molecular complexity index is 1240. The smallest absolute Gasteiger partial charge is 0.287 e. The average molecular weight is 441 g/mol. The van der Waals surface area contributed by atoms with Gasteiger partial charge in [0.05, 0.1) is 6.21 Å². The third-order valence-corrected chi connectivity index (χ3v) is 4.64. The number of benzene rings is 3. The monoisotopic (exact) mass is 441 g/mol. The van der Waals surface area contributed by atoms with E-state index in [-0.39, 0.29) is 18.3 Å². The number of fused-ring (bicyclic) bond motifs is 1. The Kier molecular flexibility index (Phi) is 6.56. The number of ketones is 1. The molecule has 0 fully saturated rings. The predicted molar refractivity (Wildman–Crippen MR) is 122 cm³/mol. The lowest BCUT2D eigenvalue weighted by Crippen LogP contribution is -2.33. The van der Waals surface area contributed by atoms with Gasteiger partial charge in [0.1, 0.15) is 5.70 Å².